The number of benzene rings is 1. The smallest absolute Gasteiger partial charge is 0.308 e. The van der Waals surface area contributed by atoms with Gasteiger partial charge in [0.15, 0.2) is 5.96 Å². The van der Waals surface area contributed by atoms with Crippen LogP contribution in [0.2, 0.25) is 0 Å². The highest BCUT2D eigenvalue weighted by molar-refractivity contribution is 5.80. The minimum Gasteiger partial charge on any atom is -0.490 e. The van der Waals surface area contributed by atoms with Crippen molar-refractivity contribution in [2.75, 3.05) is 13.2 Å². The fraction of sp³-hybridized carbons (Fsp3) is 0.652. The SMILES string of the molecule is CCNC(=NCc1ccccc1OC1CCC1)NC1CCC(C(=O)OCC)CC1. The lowest BCUT2D eigenvalue weighted by Gasteiger charge is -2.29. The predicted molar refractivity (Wildman–Crippen MR) is 115 cm³/mol. The van der Waals surface area contributed by atoms with E-state index in [-0.39, 0.29) is 11.9 Å². The summed E-state index contributed by atoms with van der Waals surface area (Å²) in [7, 11) is 0. The molecule has 0 heterocycles. The van der Waals surface area contributed by atoms with Crippen molar-refractivity contribution in [3.63, 3.8) is 0 Å². The number of carbonyl (C=O) groups is 1. The molecule has 6 nitrogen and oxygen atoms in total. The van der Waals surface area contributed by atoms with Crippen molar-refractivity contribution in [1.82, 2.24) is 10.6 Å². The molecule has 0 aliphatic heterocycles. The van der Waals surface area contributed by atoms with E-state index in [9.17, 15) is 4.79 Å². The molecule has 2 aliphatic carbocycles. The summed E-state index contributed by atoms with van der Waals surface area (Å²) in [6, 6.07) is 8.52. The number of rotatable bonds is 8. The number of hydrogen-bond acceptors (Lipinski definition) is 4. The standard InChI is InChI=1S/C23H35N3O3/c1-3-24-23(26-19-14-12-17(13-15-19)22(27)28-4-2)25-16-18-8-5-6-11-21(18)29-20-9-7-10-20/h5-6,8,11,17,19-20H,3-4,7,9-10,12-16H2,1-2H3,(H2,24,25,26). The molecule has 2 aliphatic rings. The Bertz CT molecular complexity index is 680. The third-order valence-electron chi connectivity index (χ3n) is 5.76. The van der Waals surface area contributed by atoms with Crippen molar-refractivity contribution in [2.45, 2.75) is 77.5 Å². The molecule has 29 heavy (non-hydrogen) atoms. The van der Waals surface area contributed by atoms with E-state index in [2.05, 4.69) is 23.6 Å². The molecule has 2 saturated carbocycles. The molecule has 160 valence electrons. The zero-order chi connectivity index (χ0) is 20.5. The van der Waals surface area contributed by atoms with E-state index in [0.717, 1.165) is 62.3 Å². The maximum atomic E-state index is 11.9. The Balaban J connectivity index is 1.55. The lowest BCUT2D eigenvalue weighted by atomic mass is 9.86. The highest BCUT2D eigenvalue weighted by Crippen LogP contribution is 2.28. The summed E-state index contributed by atoms with van der Waals surface area (Å²) in [5.41, 5.74) is 1.11. The Morgan fingerprint density at radius 3 is 2.52 bits per heavy atom. The fourth-order valence-corrected chi connectivity index (χ4v) is 3.83. The largest absolute Gasteiger partial charge is 0.490 e. The van der Waals surface area contributed by atoms with Crippen molar-refractivity contribution >= 4 is 11.9 Å². The zero-order valence-corrected chi connectivity index (χ0v) is 17.8. The minimum atomic E-state index is -0.0467. The average molecular weight is 402 g/mol. The number of nitrogens with one attached hydrogen (secondary N) is 2. The van der Waals surface area contributed by atoms with Crippen molar-refractivity contribution in [3.8, 4) is 5.75 Å². The van der Waals surface area contributed by atoms with Crippen LogP contribution in [0, 0.1) is 5.92 Å². The first-order chi connectivity index (χ1) is 14.2. The monoisotopic (exact) mass is 401 g/mol. The highest BCUT2D eigenvalue weighted by atomic mass is 16.5. The van der Waals surface area contributed by atoms with Crippen LogP contribution >= 0.6 is 0 Å². The van der Waals surface area contributed by atoms with Crippen molar-refractivity contribution in [2.24, 2.45) is 10.9 Å². The Morgan fingerprint density at radius 2 is 1.86 bits per heavy atom. The van der Waals surface area contributed by atoms with Crippen molar-refractivity contribution in [3.05, 3.63) is 29.8 Å². The minimum absolute atomic E-state index is 0.0445. The molecule has 3 rings (SSSR count). The number of ether oxygens (including phenoxy) is 2. The van der Waals surface area contributed by atoms with Crippen LogP contribution in [0.3, 0.4) is 0 Å². The predicted octanol–water partition coefficient (Wildman–Crippen LogP) is 3.79. The molecule has 0 aromatic heterocycles. The first-order valence-corrected chi connectivity index (χ1v) is 11.2. The third kappa shape index (κ3) is 6.38. The molecular formula is C23H35N3O3. The van der Waals surface area contributed by atoms with Gasteiger partial charge >= 0.3 is 5.97 Å². The van der Waals surface area contributed by atoms with Gasteiger partial charge in [0.1, 0.15) is 5.75 Å². The van der Waals surface area contributed by atoms with E-state index in [1.807, 2.05) is 25.1 Å². The first-order valence-electron chi connectivity index (χ1n) is 11.2. The lowest BCUT2D eigenvalue weighted by Crippen LogP contribution is -2.45. The second-order valence-corrected chi connectivity index (χ2v) is 7.92. The molecule has 1 aromatic rings. The molecule has 0 amide bonds. The lowest BCUT2D eigenvalue weighted by molar-refractivity contribution is -0.149. The van der Waals surface area contributed by atoms with E-state index in [1.54, 1.807) is 0 Å². The van der Waals surface area contributed by atoms with E-state index >= 15 is 0 Å². The number of guanidine groups is 1. The van der Waals surface area contributed by atoms with Crippen LogP contribution in [0.1, 0.15) is 64.4 Å². The summed E-state index contributed by atoms with van der Waals surface area (Å²) in [4.78, 5) is 16.7. The molecule has 2 fully saturated rings. The van der Waals surface area contributed by atoms with Gasteiger partial charge in [0.25, 0.3) is 0 Å². The highest BCUT2D eigenvalue weighted by Gasteiger charge is 2.27. The normalized spacial score (nSPS) is 22.5. The number of aliphatic imine (C=N–C) groups is 1. The van der Waals surface area contributed by atoms with E-state index in [0.29, 0.717) is 25.3 Å². The Labute approximate surface area is 174 Å². The molecule has 0 saturated heterocycles. The first kappa shape index (κ1) is 21.5. The number of nitrogens with zero attached hydrogens (tertiary/aromatic N) is 1. The zero-order valence-electron chi connectivity index (χ0n) is 17.8. The summed E-state index contributed by atoms with van der Waals surface area (Å²) in [5.74, 6) is 1.77. The van der Waals surface area contributed by atoms with Crippen LogP contribution in [0.25, 0.3) is 0 Å². The summed E-state index contributed by atoms with van der Waals surface area (Å²) in [6.45, 7) is 5.78. The van der Waals surface area contributed by atoms with Gasteiger partial charge in [0.05, 0.1) is 25.2 Å². The Hall–Kier alpha value is -2.24. The summed E-state index contributed by atoms with van der Waals surface area (Å²) >= 11 is 0. The topological polar surface area (TPSA) is 72.0 Å². The van der Waals surface area contributed by atoms with Crippen LogP contribution in [0.15, 0.2) is 29.3 Å². The number of para-hydroxylation sites is 1. The Kier molecular flexibility index (Phi) is 8.20. The van der Waals surface area contributed by atoms with Gasteiger partial charge in [-0.25, -0.2) is 4.99 Å². The molecule has 6 heteroatoms. The maximum Gasteiger partial charge on any atom is 0.308 e. The maximum absolute atomic E-state index is 11.9. The van der Waals surface area contributed by atoms with E-state index in [1.165, 1.54) is 6.42 Å². The van der Waals surface area contributed by atoms with E-state index < -0.39 is 0 Å². The molecule has 0 radical (unpaired) electrons. The van der Waals surface area contributed by atoms with Gasteiger partial charge in [0.2, 0.25) is 0 Å². The van der Waals surface area contributed by atoms with Crippen LogP contribution < -0.4 is 15.4 Å². The molecule has 2 N–H and O–H groups in total. The van der Waals surface area contributed by atoms with Crippen molar-refractivity contribution < 1.29 is 14.3 Å². The van der Waals surface area contributed by atoms with Crippen LogP contribution in [0.4, 0.5) is 0 Å². The second-order valence-electron chi connectivity index (χ2n) is 7.92. The van der Waals surface area contributed by atoms with Gasteiger partial charge in [-0.1, -0.05) is 18.2 Å². The van der Waals surface area contributed by atoms with E-state index in [4.69, 9.17) is 14.5 Å². The fourth-order valence-electron chi connectivity index (χ4n) is 3.83. The number of esters is 1. The summed E-state index contributed by atoms with van der Waals surface area (Å²) in [5, 5.41) is 6.89. The number of carbonyl (C=O) groups excluding carboxylic acids is 1. The molecule has 0 spiro atoms. The molecule has 1 aromatic carbocycles. The van der Waals surface area contributed by atoms with Gasteiger partial charge in [0, 0.05) is 18.2 Å². The molecular weight excluding hydrogens is 366 g/mol. The second kappa shape index (κ2) is 11.1. The molecule has 0 unspecified atom stereocenters. The summed E-state index contributed by atoms with van der Waals surface area (Å²) in [6.07, 6.45) is 7.57. The van der Waals surface area contributed by atoms with Gasteiger partial charge < -0.3 is 20.1 Å². The number of hydrogen-bond donors (Lipinski definition) is 2. The van der Waals surface area contributed by atoms with Crippen LogP contribution in [-0.4, -0.2) is 37.2 Å². The van der Waals surface area contributed by atoms with Gasteiger partial charge in [-0.15, -0.1) is 0 Å². The van der Waals surface area contributed by atoms with Crippen LogP contribution in [0.5, 0.6) is 5.75 Å². The van der Waals surface area contributed by atoms with Crippen molar-refractivity contribution in [1.29, 1.82) is 0 Å². The van der Waals surface area contributed by atoms with Gasteiger partial charge in [-0.05, 0) is 64.9 Å². The van der Waals surface area contributed by atoms with Gasteiger partial charge in [-0.3, -0.25) is 4.79 Å². The molecule has 0 atom stereocenters. The molecule has 0 bridgehead atoms. The average Bonchev–Trinajstić information content (AvgIpc) is 2.70. The van der Waals surface area contributed by atoms with Crippen LogP contribution in [-0.2, 0) is 16.1 Å². The Morgan fingerprint density at radius 1 is 1.10 bits per heavy atom. The quantitative estimate of drug-likeness (QED) is 0.394. The van der Waals surface area contributed by atoms with Gasteiger partial charge in [-0.2, -0.15) is 0 Å². The third-order valence-corrected chi connectivity index (χ3v) is 5.76. The summed E-state index contributed by atoms with van der Waals surface area (Å²) < 4.78 is 11.3.